The number of carbonyl (C=O) groups excluding carboxylic acids is 1. The van der Waals surface area contributed by atoms with E-state index in [0.29, 0.717) is 17.0 Å². The molecule has 134 valence electrons. The van der Waals surface area contributed by atoms with Crippen molar-refractivity contribution in [3.8, 4) is 5.75 Å². The van der Waals surface area contributed by atoms with Gasteiger partial charge in [0.15, 0.2) is 6.61 Å². The zero-order valence-electron chi connectivity index (χ0n) is 14.7. The lowest BCUT2D eigenvalue weighted by molar-refractivity contribution is -0.118. The van der Waals surface area contributed by atoms with Crippen LogP contribution in [0.3, 0.4) is 0 Å². The first kappa shape index (κ1) is 19.0. The van der Waals surface area contributed by atoms with Gasteiger partial charge in [-0.15, -0.1) is 0 Å². The number of benzene rings is 2. The Hall–Kier alpha value is -2.38. The van der Waals surface area contributed by atoms with Crippen LogP contribution in [0.15, 0.2) is 41.3 Å². The van der Waals surface area contributed by atoms with E-state index in [-0.39, 0.29) is 17.4 Å². The van der Waals surface area contributed by atoms with Crippen molar-refractivity contribution >= 4 is 21.6 Å². The van der Waals surface area contributed by atoms with Gasteiger partial charge in [0.2, 0.25) is 10.0 Å². The van der Waals surface area contributed by atoms with Gasteiger partial charge >= 0.3 is 0 Å². The van der Waals surface area contributed by atoms with E-state index in [9.17, 15) is 13.2 Å². The Kier molecular flexibility index (Phi) is 5.81. The fourth-order valence-electron chi connectivity index (χ4n) is 2.44. The summed E-state index contributed by atoms with van der Waals surface area (Å²) >= 11 is 0. The molecule has 0 saturated carbocycles. The highest BCUT2D eigenvalue weighted by molar-refractivity contribution is 7.89. The number of hydrogen-bond acceptors (Lipinski definition) is 4. The summed E-state index contributed by atoms with van der Waals surface area (Å²) in [6.07, 6.45) is 0. The molecule has 0 aliphatic carbocycles. The van der Waals surface area contributed by atoms with Crippen LogP contribution in [0.4, 0.5) is 5.69 Å². The maximum Gasteiger partial charge on any atom is 0.262 e. The molecule has 0 atom stereocenters. The molecule has 0 spiro atoms. The first-order chi connectivity index (χ1) is 11.7. The van der Waals surface area contributed by atoms with E-state index in [1.807, 2.05) is 32.0 Å². The topological polar surface area (TPSA) is 84.5 Å². The molecule has 0 aliphatic heterocycles. The monoisotopic (exact) mass is 362 g/mol. The highest BCUT2D eigenvalue weighted by atomic mass is 32.2. The third-order valence-electron chi connectivity index (χ3n) is 3.79. The minimum Gasteiger partial charge on any atom is -0.483 e. The molecule has 0 unspecified atom stereocenters. The van der Waals surface area contributed by atoms with Gasteiger partial charge in [0.25, 0.3) is 5.91 Å². The van der Waals surface area contributed by atoms with Crippen molar-refractivity contribution in [2.45, 2.75) is 25.7 Å². The first-order valence-electron chi connectivity index (χ1n) is 7.77. The molecule has 0 heterocycles. The van der Waals surface area contributed by atoms with Crippen LogP contribution in [0.1, 0.15) is 16.7 Å². The van der Waals surface area contributed by atoms with Crippen LogP contribution in [0.2, 0.25) is 0 Å². The molecule has 1 amide bonds. The van der Waals surface area contributed by atoms with E-state index in [1.54, 1.807) is 19.1 Å². The number of para-hydroxylation sites is 1. The second-order valence-electron chi connectivity index (χ2n) is 5.75. The van der Waals surface area contributed by atoms with Crippen LogP contribution in [-0.2, 0) is 14.8 Å². The van der Waals surface area contributed by atoms with Crippen molar-refractivity contribution in [3.05, 3.63) is 53.1 Å². The number of rotatable bonds is 6. The molecule has 0 radical (unpaired) electrons. The van der Waals surface area contributed by atoms with Crippen LogP contribution < -0.4 is 14.8 Å². The van der Waals surface area contributed by atoms with Crippen LogP contribution in [0, 0.1) is 20.8 Å². The highest BCUT2D eigenvalue weighted by Gasteiger charge is 2.16. The van der Waals surface area contributed by atoms with Gasteiger partial charge in [-0.2, -0.15) is 0 Å². The van der Waals surface area contributed by atoms with Crippen molar-refractivity contribution in [2.24, 2.45) is 0 Å². The van der Waals surface area contributed by atoms with Gasteiger partial charge in [-0.3, -0.25) is 4.79 Å². The lowest BCUT2D eigenvalue weighted by atomic mass is 10.1. The Labute approximate surface area is 148 Å². The summed E-state index contributed by atoms with van der Waals surface area (Å²) in [6, 6.07) is 10.5. The lowest BCUT2D eigenvalue weighted by Crippen LogP contribution is -2.22. The Bertz CT molecular complexity index is 872. The zero-order chi connectivity index (χ0) is 18.6. The van der Waals surface area contributed by atoms with E-state index >= 15 is 0 Å². The molecule has 2 aromatic carbocycles. The van der Waals surface area contributed by atoms with Gasteiger partial charge in [0.1, 0.15) is 5.75 Å². The Morgan fingerprint density at radius 3 is 2.28 bits per heavy atom. The van der Waals surface area contributed by atoms with Crippen molar-refractivity contribution in [2.75, 3.05) is 19.0 Å². The van der Waals surface area contributed by atoms with E-state index in [0.717, 1.165) is 11.1 Å². The molecule has 0 saturated heterocycles. The predicted molar refractivity (Wildman–Crippen MR) is 97.5 cm³/mol. The molecule has 0 aliphatic rings. The average Bonchev–Trinajstić information content (AvgIpc) is 2.56. The van der Waals surface area contributed by atoms with Gasteiger partial charge < -0.3 is 10.1 Å². The second-order valence-corrected chi connectivity index (χ2v) is 7.60. The molecule has 2 N–H and O–H groups in total. The van der Waals surface area contributed by atoms with Gasteiger partial charge in [-0.25, -0.2) is 13.1 Å². The molecular formula is C18H22N2O4S. The molecule has 0 fully saturated rings. The Morgan fingerprint density at radius 1 is 1.04 bits per heavy atom. The fourth-order valence-corrected chi connectivity index (χ4v) is 3.43. The molecule has 2 rings (SSSR count). The van der Waals surface area contributed by atoms with E-state index in [4.69, 9.17) is 4.74 Å². The minimum atomic E-state index is -3.59. The number of sulfonamides is 1. The van der Waals surface area contributed by atoms with Gasteiger partial charge in [-0.1, -0.05) is 24.3 Å². The average molecular weight is 362 g/mol. The van der Waals surface area contributed by atoms with Gasteiger partial charge in [-0.05, 0) is 56.6 Å². The number of aryl methyl sites for hydroxylation is 3. The summed E-state index contributed by atoms with van der Waals surface area (Å²) in [5, 5.41) is 2.66. The summed E-state index contributed by atoms with van der Waals surface area (Å²) in [7, 11) is -2.24. The van der Waals surface area contributed by atoms with Crippen molar-refractivity contribution in [1.82, 2.24) is 4.72 Å². The quantitative estimate of drug-likeness (QED) is 0.827. The van der Waals surface area contributed by atoms with Crippen molar-refractivity contribution < 1.29 is 17.9 Å². The highest BCUT2D eigenvalue weighted by Crippen LogP contribution is 2.23. The smallest absolute Gasteiger partial charge is 0.262 e. The van der Waals surface area contributed by atoms with Gasteiger partial charge in [0.05, 0.1) is 4.90 Å². The molecule has 25 heavy (non-hydrogen) atoms. The predicted octanol–water partition coefficient (Wildman–Crippen LogP) is 2.54. The first-order valence-corrected chi connectivity index (χ1v) is 9.26. The van der Waals surface area contributed by atoms with Crippen LogP contribution >= 0.6 is 0 Å². The van der Waals surface area contributed by atoms with Crippen molar-refractivity contribution in [1.29, 1.82) is 0 Å². The maximum absolute atomic E-state index is 12.1. The van der Waals surface area contributed by atoms with Gasteiger partial charge in [0, 0.05) is 5.69 Å². The van der Waals surface area contributed by atoms with Crippen LogP contribution in [0.5, 0.6) is 5.75 Å². The van der Waals surface area contributed by atoms with E-state index < -0.39 is 10.0 Å². The number of hydrogen-bond donors (Lipinski definition) is 2. The molecule has 6 nitrogen and oxygen atoms in total. The Morgan fingerprint density at radius 2 is 1.68 bits per heavy atom. The van der Waals surface area contributed by atoms with Crippen molar-refractivity contribution in [3.63, 3.8) is 0 Å². The summed E-state index contributed by atoms with van der Waals surface area (Å²) in [5.41, 5.74) is 2.89. The number of carbonyl (C=O) groups is 1. The summed E-state index contributed by atoms with van der Waals surface area (Å²) in [4.78, 5) is 12.3. The Balaban J connectivity index is 2.10. The van der Waals surface area contributed by atoms with Crippen LogP contribution in [-0.4, -0.2) is 28.0 Å². The number of ether oxygens (including phenoxy) is 1. The molecule has 0 aromatic heterocycles. The molecule has 7 heteroatoms. The standard InChI is InChI=1S/C18H22N2O4S/c1-12-8-9-15(10-16(12)25(22,23)19-4)20-17(21)11-24-18-13(2)6-5-7-14(18)3/h5-10,19H,11H2,1-4H3,(H,20,21). The minimum absolute atomic E-state index is 0.128. The van der Waals surface area contributed by atoms with E-state index in [2.05, 4.69) is 10.0 Å². The molecular weight excluding hydrogens is 340 g/mol. The lowest BCUT2D eigenvalue weighted by Gasteiger charge is -2.13. The fraction of sp³-hybridized carbons (Fsp3) is 0.278. The zero-order valence-corrected chi connectivity index (χ0v) is 15.5. The SMILES string of the molecule is CNS(=O)(=O)c1cc(NC(=O)COc2c(C)cccc2C)ccc1C. The largest absolute Gasteiger partial charge is 0.483 e. The summed E-state index contributed by atoms with van der Waals surface area (Å²) < 4.78 is 31.9. The third-order valence-corrected chi connectivity index (χ3v) is 5.34. The van der Waals surface area contributed by atoms with E-state index in [1.165, 1.54) is 13.1 Å². The third kappa shape index (κ3) is 4.58. The number of amides is 1. The second kappa shape index (κ2) is 7.67. The molecule has 0 bridgehead atoms. The maximum atomic E-state index is 12.1. The number of anilines is 1. The van der Waals surface area contributed by atoms with Crippen LogP contribution in [0.25, 0.3) is 0 Å². The molecule has 2 aromatic rings. The summed E-state index contributed by atoms with van der Waals surface area (Å²) in [6.45, 7) is 5.36. The normalized spacial score (nSPS) is 11.2. The summed E-state index contributed by atoms with van der Waals surface area (Å²) in [5.74, 6) is 0.319. The number of nitrogens with one attached hydrogen (secondary N) is 2.